The van der Waals surface area contributed by atoms with Crippen molar-refractivity contribution in [1.82, 2.24) is 0 Å². The van der Waals surface area contributed by atoms with Crippen molar-refractivity contribution < 1.29 is 43.0 Å². The van der Waals surface area contributed by atoms with Crippen LogP contribution in [0.15, 0.2) is 42.5 Å². The van der Waals surface area contributed by atoms with E-state index in [2.05, 4.69) is 5.32 Å². The van der Waals surface area contributed by atoms with Crippen molar-refractivity contribution >= 4 is 17.6 Å². The second kappa shape index (κ2) is 8.10. The monoisotopic (exact) mass is 333 g/mol. The van der Waals surface area contributed by atoms with Gasteiger partial charge >= 0.3 is 18.9 Å². The van der Waals surface area contributed by atoms with Crippen LogP contribution in [0.4, 0.5) is 5.69 Å². The van der Waals surface area contributed by atoms with E-state index in [0.29, 0.717) is 35.6 Å². The van der Waals surface area contributed by atoms with Crippen molar-refractivity contribution in [2.45, 2.75) is 18.9 Å². The van der Waals surface area contributed by atoms with Crippen molar-refractivity contribution in [3.8, 4) is 11.5 Å². The third kappa shape index (κ3) is 4.35. The third-order valence-corrected chi connectivity index (χ3v) is 3.88. The fourth-order valence-electron chi connectivity index (χ4n) is 2.58. The Morgan fingerprint density at radius 2 is 1.92 bits per heavy atom. The molecule has 3 rings (SSSR count). The molecule has 0 saturated heterocycles. The molecule has 25 heavy (non-hydrogen) atoms. The van der Waals surface area contributed by atoms with Gasteiger partial charge in [0.1, 0.15) is 17.6 Å². The van der Waals surface area contributed by atoms with Crippen LogP contribution < -0.4 is 38.8 Å². The largest absolute Gasteiger partial charge is 1.00 e. The summed E-state index contributed by atoms with van der Waals surface area (Å²) in [6.07, 6.45) is -0.0110. The van der Waals surface area contributed by atoms with Gasteiger partial charge in [0.05, 0.1) is 13.1 Å². The van der Waals surface area contributed by atoms with E-state index in [0.717, 1.165) is 5.56 Å². The minimum atomic E-state index is -1.21. The summed E-state index contributed by atoms with van der Waals surface area (Å²) < 4.78 is 10.4. The van der Waals surface area contributed by atoms with Crippen molar-refractivity contribution in [3.63, 3.8) is 0 Å². The maximum atomic E-state index is 12.3. The molecule has 1 atom stereocenters. The van der Waals surface area contributed by atoms with E-state index in [9.17, 15) is 14.7 Å². The number of methoxy groups -OCH3 is 1. The topological polar surface area (TPSA) is 87.7 Å². The molecule has 1 N–H and O–H groups in total. The normalized spacial score (nSPS) is 15.2. The number of hydrogen-bond acceptors (Lipinski definition) is 5. The molecule has 0 saturated carbocycles. The molecular weight excluding hydrogens is 317 g/mol. The summed E-state index contributed by atoms with van der Waals surface area (Å²) in [6.45, 7) is 0. The third-order valence-electron chi connectivity index (χ3n) is 3.88. The number of carbonyl (C=O) groups excluding carboxylic acids is 2. The number of ether oxygens (including phenoxy) is 2. The predicted octanol–water partition coefficient (Wildman–Crippen LogP) is -1.60. The maximum Gasteiger partial charge on any atom is 1.00 e. The van der Waals surface area contributed by atoms with Gasteiger partial charge in [-0.1, -0.05) is 0 Å². The summed E-state index contributed by atoms with van der Waals surface area (Å²) in [5, 5.41) is 13.7. The Kier molecular flexibility index (Phi) is 6.13. The summed E-state index contributed by atoms with van der Waals surface area (Å²) in [7, 11) is 1.56. The number of benzene rings is 2. The molecule has 1 heterocycles. The summed E-state index contributed by atoms with van der Waals surface area (Å²) in [4.78, 5) is 23.1. The van der Waals surface area contributed by atoms with Gasteiger partial charge in [-0.3, -0.25) is 4.79 Å². The first-order valence-electron chi connectivity index (χ1n) is 7.52. The molecule has 0 fully saturated rings. The van der Waals surface area contributed by atoms with Gasteiger partial charge in [0.25, 0.3) is 5.91 Å². The first-order chi connectivity index (χ1) is 11.6. The van der Waals surface area contributed by atoms with Crippen LogP contribution in [0.5, 0.6) is 11.5 Å². The summed E-state index contributed by atoms with van der Waals surface area (Å²) in [5.41, 5.74) is 2.01. The number of amides is 1. The van der Waals surface area contributed by atoms with Crippen molar-refractivity contribution in [2.75, 3.05) is 12.4 Å². The van der Waals surface area contributed by atoms with Crippen LogP contribution in [-0.2, 0) is 11.2 Å². The molecule has 124 valence electrons. The average Bonchev–Trinajstić information content (AvgIpc) is 2.61. The number of carbonyl (C=O) groups is 2. The van der Waals surface area contributed by atoms with Gasteiger partial charge < -0.3 is 24.7 Å². The fraction of sp³-hybridized carbons (Fsp3) is 0.222. The predicted molar refractivity (Wildman–Crippen MR) is 85.1 cm³/mol. The van der Waals surface area contributed by atoms with E-state index in [4.69, 9.17) is 9.47 Å². The first-order valence-corrected chi connectivity index (χ1v) is 7.52. The van der Waals surface area contributed by atoms with Crippen molar-refractivity contribution in [2.24, 2.45) is 0 Å². The fourth-order valence-corrected chi connectivity index (χ4v) is 2.58. The zero-order chi connectivity index (χ0) is 17.1. The molecule has 0 aromatic heterocycles. The van der Waals surface area contributed by atoms with E-state index in [1.807, 2.05) is 0 Å². The Morgan fingerprint density at radius 1 is 1.20 bits per heavy atom. The van der Waals surface area contributed by atoms with Gasteiger partial charge in [0.2, 0.25) is 0 Å². The Bertz CT molecular complexity index is 776. The molecular formula is C18H16LiNO5. The van der Waals surface area contributed by atoms with Gasteiger partial charge in [-0.15, -0.1) is 0 Å². The van der Waals surface area contributed by atoms with Crippen molar-refractivity contribution in [1.29, 1.82) is 0 Å². The van der Waals surface area contributed by atoms with Gasteiger partial charge in [0.15, 0.2) is 0 Å². The van der Waals surface area contributed by atoms with E-state index in [1.165, 1.54) is 0 Å². The standard InChI is InChI=1S/C18H17NO5.Li/c1-23-14-6-2-11(3-7-14)17(20)19-13-5-9-15-12(10-13)4-8-16(24-15)18(21)22;/h2-3,5-7,9-10,16H,4,8H2,1H3,(H,19,20)(H,21,22);/q;+1/p-1. The number of aryl methyl sites for hydroxylation is 1. The Hall–Kier alpha value is -2.42. The van der Waals surface area contributed by atoms with Crippen LogP contribution in [0, 0.1) is 0 Å². The molecule has 0 spiro atoms. The number of rotatable bonds is 4. The Morgan fingerprint density at radius 3 is 2.56 bits per heavy atom. The molecule has 0 bridgehead atoms. The Labute approximate surface area is 157 Å². The zero-order valence-electron chi connectivity index (χ0n) is 14.1. The van der Waals surface area contributed by atoms with Gasteiger partial charge in [0, 0.05) is 11.3 Å². The van der Waals surface area contributed by atoms with E-state index >= 15 is 0 Å². The number of carboxylic acid groups (broad SMARTS) is 1. The number of hydrogen-bond donors (Lipinski definition) is 1. The number of nitrogens with one attached hydrogen (secondary N) is 1. The SMILES string of the molecule is COc1ccc(C(=O)Nc2ccc3c(c2)CCC(C(=O)[O-])O3)cc1.[Li+]. The second-order valence-corrected chi connectivity index (χ2v) is 5.47. The zero-order valence-corrected chi connectivity index (χ0v) is 14.1. The number of aliphatic carboxylic acids is 1. The average molecular weight is 333 g/mol. The van der Waals surface area contributed by atoms with Gasteiger partial charge in [-0.25, -0.2) is 0 Å². The van der Waals surface area contributed by atoms with E-state index in [1.54, 1.807) is 49.6 Å². The van der Waals surface area contributed by atoms with E-state index < -0.39 is 12.1 Å². The van der Waals surface area contributed by atoms with Crippen molar-refractivity contribution in [3.05, 3.63) is 53.6 Å². The molecule has 1 aliphatic rings. The molecule has 2 aromatic carbocycles. The summed E-state index contributed by atoms with van der Waals surface area (Å²) in [5.74, 6) is -0.252. The summed E-state index contributed by atoms with van der Waals surface area (Å²) in [6, 6.07) is 11.9. The molecule has 0 aliphatic carbocycles. The van der Waals surface area contributed by atoms with Crippen LogP contribution in [-0.4, -0.2) is 25.1 Å². The Balaban J connectivity index is 0.00000225. The quantitative estimate of drug-likeness (QED) is 0.681. The van der Waals surface area contributed by atoms with Crippen LogP contribution in [0.3, 0.4) is 0 Å². The van der Waals surface area contributed by atoms with Gasteiger partial charge in [-0.2, -0.15) is 0 Å². The van der Waals surface area contributed by atoms with E-state index in [-0.39, 0.29) is 24.8 Å². The molecule has 2 aromatic rings. The number of anilines is 1. The van der Waals surface area contributed by atoms with Crippen LogP contribution >= 0.6 is 0 Å². The second-order valence-electron chi connectivity index (χ2n) is 5.47. The minimum Gasteiger partial charge on any atom is -0.546 e. The molecule has 1 amide bonds. The molecule has 6 nitrogen and oxygen atoms in total. The van der Waals surface area contributed by atoms with Gasteiger partial charge in [-0.05, 0) is 60.9 Å². The molecule has 7 heteroatoms. The summed E-state index contributed by atoms with van der Waals surface area (Å²) >= 11 is 0. The van der Waals surface area contributed by atoms with Crippen LogP contribution in [0.2, 0.25) is 0 Å². The first kappa shape index (κ1) is 18.9. The van der Waals surface area contributed by atoms with Crippen LogP contribution in [0.25, 0.3) is 0 Å². The maximum absolute atomic E-state index is 12.3. The van der Waals surface area contributed by atoms with Crippen LogP contribution in [0.1, 0.15) is 22.3 Å². The number of fused-ring (bicyclic) bond motifs is 1. The number of carboxylic acids is 1. The molecule has 1 unspecified atom stereocenters. The smallest absolute Gasteiger partial charge is 0.546 e. The molecule has 1 aliphatic heterocycles. The molecule has 0 radical (unpaired) electrons. The minimum absolute atomic E-state index is 0.